The minimum atomic E-state index is -0.421. The van der Waals surface area contributed by atoms with Crippen LogP contribution >= 0.6 is 23.5 Å². The quantitative estimate of drug-likeness (QED) is 0.287. The molecule has 4 heterocycles. The predicted molar refractivity (Wildman–Crippen MR) is 119 cm³/mol. The summed E-state index contributed by atoms with van der Waals surface area (Å²) in [6, 6.07) is 0. The average Bonchev–Trinajstić information content (AvgIpc) is 3.38. The molecule has 0 aromatic carbocycles. The van der Waals surface area contributed by atoms with Gasteiger partial charge in [0.25, 0.3) is 11.1 Å². The Bertz CT molecular complexity index is 1440. The molecule has 0 radical (unpaired) electrons. The molecule has 0 saturated carbocycles. The number of aromatic nitrogens is 8. The van der Waals surface area contributed by atoms with Crippen molar-refractivity contribution >= 4 is 45.9 Å². The summed E-state index contributed by atoms with van der Waals surface area (Å²) in [5.41, 5.74) is -0.382. The summed E-state index contributed by atoms with van der Waals surface area (Å²) in [4.78, 5) is 63.1. The number of imidazole rings is 2. The van der Waals surface area contributed by atoms with Crippen molar-refractivity contribution in [2.75, 3.05) is 11.5 Å². The number of rotatable bonds is 6. The zero-order valence-electron chi connectivity index (χ0n) is 17.3. The average molecular weight is 465 g/mol. The van der Waals surface area contributed by atoms with Crippen LogP contribution in [-0.2, 0) is 28.2 Å². The lowest BCUT2D eigenvalue weighted by molar-refractivity contribution is 0.708. The van der Waals surface area contributed by atoms with Gasteiger partial charge in [-0.15, -0.1) is 0 Å². The summed E-state index contributed by atoms with van der Waals surface area (Å²) >= 11 is 2.90. The van der Waals surface area contributed by atoms with Gasteiger partial charge in [-0.25, -0.2) is 19.6 Å². The summed E-state index contributed by atoms with van der Waals surface area (Å²) in [5, 5.41) is 1.14. The summed E-state index contributed by atoms with van der Waals surface area (Å²) in [6.07, 6.45) is 0.803. The molecule has 4 aromatic rings. The summed E-state index contributed by atoms with van der Waals surface area (Å²) in [5.74, 6) is 1.45. The largest absolute Gasteiger partial charge is 0.332 e. The first-order chi connectivity index (χ1) is 14.7. The number of thioether (sulfide) groups is 2. The van der Waals surface area contributed by atoms with Gasteiger partial charge in [0.2, 0.25) is 0 Å². The Balaban J connectivity index is 1.41. The SMILES string of the molecule is Cn1c(=O)c2[nH]c(SCCCSc3nc4c([nH]3)c(=O)n(C)c(=O)n4C)nc2n(C)c1=O. The van der Waals surface area contributed by atoms with Gasteiger partial charge in [-0.3, -0.25) is 27.9 Å². The van der Waals surface area contributed by atoms with Gasteiger partial charge < -0.3 is 9.97 Å². The number of aryl methyl sites for hydroxylation is 2. The molecule has 0 aliphatic heterocycles. The number of nitrogens with one attached hydrogen (secondary N) is 2. The van der Waals surface area contributed by atoms with Crippen LogP contribution in [0.5, 0.6) is 0 Å². The zero-order valence-corrected chi connectivity index (χ0v) is 18.9. The molecule has 0 aliphatic carbocycles. The van der Waals surface area contributed by atoms with E-state index >= 15 is 0 Å². The lowest BCUT2D eigenvalue weighted by Gasteiger charge is -2.00. The topological polar surface area (TPSA) is 145 Å². The maximum absolute atomic E-state index is 12.2. The molecule has 31 heavy (non-hydrogen) atoms. The van der Waals surface area contributed by atoms with E-state index in [1.807, 2.05) is 0 Å². The molecule has 0 atom stereocenters. The Morgan fingerprint density at radius 3 is 1.45 bits per heavy atom. The summed E-state index contributed by atoms with van der Waals surface area (Å²) < 4.78 is 4.77. The highest BCUT2D eigenvalue weighted by Gasteiger charge is 2.15. The van der Waals surface area contributed by atoms with Crippen molar-refractivity contribution < 1.29 is 0 Å². The van der Waals surface area contributed by atoms with Crippen molar-refractivity contribution in [2.24, 2.45) is 28.2 Å². The van der Waals surface area contributed by atoms with Gasteiger partial charge in [0.15, 0.2) is 32.6 Å². The first-order valence-corrected chi connectivity index (χ1v) is 11.2. The van der Waals surface area contributed by atoms with Crippen LogP contribution in [0.15, 0.2) is 29.5 Å². The van der Waals surface area contributed by atoms with E-state index in [1.165, 1.54) is 46.8 Å². The minimum absolute atomic E-state index is 0.302. The number of fused-ring (bicyclic) bond motifs is 2. The fourth-order valence-electron chi connectivity index (χ4n) is 3.14. The number of aromatic amines is 2. The number of hydrogen-bond donors (Lipinski definition) is 2. The third-order valence-electron chi connectivity index (χ3n) is 4.91. The number of nitrogens with zero attached hydrogens (tertiary/aromatic N) is 6. The van der Waals surface area contributed by atoms with Crippen molar-refractivity contribution in [1.29, 1.82) is 0 Å². The Morgan fingerprint density at radius 2 is 1.06 bits per heavy atom. The molecule has 2 N–H and O–H groups in total. The molecule has 12 nitrogen and oxygen atoms in total. The molecule has 4 rings (SSSR count). The van der Waals surface area contributed by atoms with E-state index in [0.717, 1.165) is 27.1 Å². The molecular weight excluding hydrogens is 444 g/mol. The van der Waals surface area contributed by atoms with Gasteiger partial charge in [-0.05, 0) is 6.42 Å². The summed E-state index contributed by atoms with van der Waals surface area (Å²) in [6.45, 7) is 0. The molecule has 0 spiro atoms. The molecule has 164 valence electrons. The van der Waals surface area contributed by atoms with E-state index in [4.69, 9.17) is 0 Å². The highest BCUT2D eigenvalue weighted by molar-refractivity contribution is 8.00. The first-order valence-electron chi connectivity index (χ1n) is 9.27. The second-order valence-corrected chi connectivity index (χ2v) is 9.11. The predicted octanol–water partition coefficient (Wildman–Crippen LogP) is -0.491. The van der Waals surface area contributed by atoms with Gasteiger partial charge in [0.1, 0.15) is 0 Å². The highest BCUT2D eigenvalue weighted by Crippen LogP contribution is 2.21. The molecule has 0 bridgehead atoms. The lowest BCUT2D eigenvalue weighted by atomic mass is 10.5. The standard InChI is InChI=1S/C17H20N8O4S2/c1-22-10-8(12(26)24(3)16(22)28)18-14(20-10)30-6-5-7-31-15-19-9-11(21-15)23(2)17(29)25(4)13(9)27/h5-7H2,1-4H3,(H,18,20)(H,19,21). The van der Waals surface area contributed by atoms with Gasteiger partial charge in [-0.2, -0.15) is 0 Å². The van der Waals surface area contributed by atoms with E-state index < -0.39 is 22.5 Å². The van der Waals surface area contributed by atoms with Crippen LogP contribution in [-0.4, -0.2) is 49.7 Å². The van der Waals surface area contributed by atoms with Crippen LogP contribution in [0.1, 0.15) is 6.42 Å². The fraction of sp³-hybridized carbons (Fsp3) is 0.412. The molecule has 0 saturated heterocycles. The smallest absolute Gasteiger partial charge is 0.327 e. The molecular formula is C17H20N8O4S2. The highest BCUT2D eigenvalue weighted by atomic mass is 32.2. The second kappa shape index (κ2) is 7.92. The summed E-state index contributed by atoms with van der Waals surface area (Å²) in [7, 11) is 6.01. The lowest BCUT2D eigenvalue weighted by Crippen LogP contribution is -2.36. The Kier molecular flexibility index (Phi) is 5.43. The Labute approximate surface area is 182 Å². The van der Waals surface area contributed by atoms with E-state index in [-0.39, 0.29) is 0 Å². The molecule has 4 aromatic heterocycles. The minimum Gasteiger partial charge on any atom is -0.327 e. The van der Waals surface area contributed by atoms with Crippen molar-refractivity contribution in [2.45, 2.75) is 16.7 Å². The molecule has 0 aliphatic rings. The molecule has 0 amide bonds. The van der Waals surface area contributed by atoms with Gasteiger partial charge in [0.05, 0.1) is 0 Å². The van der Waals surface area contributed by atoms with Gasteiger partial charge in [-0.1, -0.05) is 23.5 Å². The monoisotopic (exact) mass is 464 g/mol. The van der Waals surface area contributed by atoms with Crippen LogP contribution in [0.3, 0.4) is 0 Å². The van der Waals surface area contributed by atoms with E-state index in [0.29, 0.717) is 32.6 Å². The number of H-pyrrole nitrogens is 2. The second-order valence-electron chi connectivity index (χ2n) is 6.94. The first kappa shape index (κ1) is 21.2. The van der Waals surface area contributed by atoms with E-state index in [1.54, 1.807) is 14.1 Å². The van der Waals surface area contributed by atoms with Gasteiger partial charge >= 0.3 is 11.4 Å². The van der Waals surface area contributed by atoms with Crippen LogP contribution in [0.4, 0.5) is 0 Å². The third kappa shape index (κ3) is 3.54. The maximum Gasteiger partial charge on any atom is 0.332 e. The van der Waals surface area contributed by atoms with Crippen molar-refractivity contribution in [1.82, 2.24) is 38.2 Å². The van der Waals surface area contributed by atoms with Crippen LogP contribution in [0.2, 0.25) is 0 Å². The van der Waals surface area contributed by atoms with E-state index in [2.05, 4.69) is 19.9 Å². The van der Waals surface area contributed by atoms with Crippen LogP contribution in [0.25, 0.3) is 22.3 Å². The van der Waals surface area contributed by atoms with Crippen molar-refractivity contribution in [3.8, 4) is 0 Å². The molecule has 0 unspecified atom stereocenters. The molecule has 0 fully saturated rings. The van der Waals surface area contributed by atoms with Crippen LogP contribution < -0.4 is 22.5 Å². The van der Waals surface area contributed by atoms with Crippen molar-refractivity contribution in [3.63, 3.8) is 0 Å². The normalized spacial score (nSPS) is 11.7. The van der Waals surface area contributed by atoms with E-state index in [9.17, 15) is 19.2 Å². The number of hydrogen-bond acceptors (Lipinski definition) is 8. The van der Waals surface area contributed by atoms with Crippen molar-refractivity contribution in [3.05, 3.63) is 41.7 Å². The Morgan fingerprint density at radius 1 is 0.677 bits per heavy atom. The zero-order chi connectivity index (χ0) is 22.4. The van der Waals surface area contributed by atoms with Crippen LogP contribution in [0, 0.1) is 0 Å². The fourth-order valence-corrected chi connectivity index (χ4v) is 4.94. The third-order valence-corrected chi connectivity index (χ3v) is 6.83. The molecule has 14 heteroatoms. The Hall–Kier alpha value is -3.00. The maximum atomic E-state index is 12.2. The van der Waals surface area contributed by atoms with Gasteiger partial charge in [0, 0.05) is 39.7 Å².